The van der Waals surface area contributed by atoms with Crippen LogP contribution in [0.15, 0.2) is 30.1 Å². The molecule has 0 saturated carbocycles. The summed E-state index contributed by atoms with van der Waals surface area (Å²) in [5.74, 6) is 0.0191. The van der Waals surface area contributed by atoms with Crippen LogP contribution in [0, 0.1) is 0 Å². The SMILES string of the molecule is Nc1ncnc2c1ncn2[C@@H]1O[C@@H]2CNS(=O)(=O)O[C@H]3[C@@H](F)[C@H](n4cnc5c(=O)[nH]cnc54)O[C@@H]3COP([O-])(=S)O[C@H]2[C@H]1F. The van der Waals surface area contributed by atoms with E-state index in [1.807, 2.05) is 0 Å². The molecule has 0 bridgehead atoms. The maximum absolute atomic E-state index is 15.9. The number of alkyl halides is 2. The molecule has 0 aliphatic carbocycles. The van der Waals surface area contributed by atoms with Gasteiger partial charge in [0.15, 0.2) is 47.4 Å². The van der Waals surface area contributed by atoms with Gasteiger partial charge in [-0.3, -0.25) is 13.9 Å². The number of fused-ring (bicyclic) bond motifs is 4. The van der Waals surface area contributed by atoms with Crippen molar-refractivity contribution in [2.45, 2.75) is 49.2 Å². The van der Waals surface area contributed by atoms with Crippen LogP contribution >= 0.6 is 6.72 Å². The molecule has 19 nitrogen and oxygen atoms in total. The topological polar surface area (TPSA) is 249 Å². The minimum absolute atomic E-state index is 0.0191. The Kier molecular flexibility index (Phi) is 7.23. The van der Waals surface area contributed by atoms with E-state index in [9.17, 15) is 18.1 Å². The van der Waals surface area contributed by atoms with Crippen molar-refractivity contribution in [3.8, 4) is 0 Å². The third kappa shape index (κ3) is 5.07. The Hall–Kier alpha value is -3.12. The lowest BCUT2D eigenvalue weighted by molar-refractivity contribution is -0.216. The summed E-state index contributed by atoms with van der Waals surface area (Å²) in [5.41, 5.74) is 5.25. The lowest BCUT2D eigenvalue weighted by Crippen LogP contribution is -2.45. The van der Waals surface area contributed by atoms with Gasteiger partial charge in [0.05, 0.1) is 25.6 Å². The molecule has 3 saturated heterocycles. The molecule has 24 heteroatoms. The predicted octanol–water partition coefficient (Wildman–Crippen LogP) is -1.77. The van der Waals surface area contributed by atoms with Crippen LogP contribution in [0.5, 0.6) is 0 Å². The first-order valence-corrected chi connectivity index (χ1v) is 16.6. The fourth-order valence-corrected chi connectivity index (χ4v) is 7.57. The van der Waals surface area contributed by atoms with Crippen molar-refractivity contribution in [1.82, 2.24) is 43.8 Å². The van der Waals surface area contributed by atoms with Crippen molar-refractivity contribution in [2.75, 3.05) is 18.9 Å². The Balaban J connectivity index is 1.17. The lowest BCUT2D eigenvalue weighted by Gasteiger charge is -2.34. The van der Waals surface area contributed by atoms with Gasteiger partial charge in [-0.05, 0) is 0 Å². The molecule has 0 aromatic carbocycles. The summed E-state index contributed by atoms with van der Waals surface area (Å²) in [4.78, 5) is 47.4. The molecule has 0 amide bonds. The van der Waals surface area contributed by atoms with Crippen LogP contribution < -0.4 is 20.9 Å². The number of H-pyrrole nitrogens is 1. The highest BCUT2D eigenvalue weighted by Crippen LogP contribution is 2.48. The molecule has 0 radical (unpaired) electrons. The monoisotopic (exact) mass is 677 g/mol. The number of nitrogens with one attached hydrogen (secondary N) is 2. The molecule has 4 aromatic heterocycles. The summed E-state index contributed by atoms with van der Waals surface area (Å²) in [6.07, 6.45) is -9.49. The number of rotatable bonds is 2. The number of anilines is 1. The average Bonchev–Trinajstić information content (AvgIpc) is 3.73. The molecule has 4 aromatic rings. The first-order chi connectivity index (χ1) is 20.9. The molecule has 236 valence electrons. The zero-order valence-corrected chi connectivity index (χ0v) is 24.3. The highest BCUT2D eigenvalue weighted by Gasteiger charge is 2.52. The number of nitrogens with two attached hydrogens (primary N) is 1. The van der Waals surface area contributed by atoms with Gasteiger partial charge in [-0.15, -0.1) is 0 Å². The standard InChI is InChI=1S/C20H21F2N10O9PS2/c21-9-13-7(38-19(9)31-5-28-11-15(23)24-3-25-16(11)31)1-30-44(35,36)41-14-8(2-37-42(34,43)40-13)39-20(10(14)22)32-6-29-12-17(32)26-4-27-18(12)33/h3-10,13-14,19-20,30H,1-2H2,(H,34,43)(H2,23,24,25)(H,26,27,33)/p-1/t7-,8-,9-,10-,13-,14-,19-,20-,42?/m1/s1. The number of ether oxygens (including phenoxy) is 2. The zero-order chi connectivity index (χ0) is 31.0. The van der Waals surface area contributed by atoms with E-state index in [-0.39, 0.29) is 28.1 Å². The second-order valence-electron chi connectivity index (χ2n) is 9.83. The minimum Gasteiger partial charge on any atom is -0.780 e. The Morgan fingerprint density at radius 2 is 1.66 bits per heavy atom. The summed E-state index contributed by atoms with van der Waals surface area (Å²) in [5, 5.41) is 0. The van der Waals surface area contributed by atoms with E-state index in [0.29, 0.717) is 0 Å². The first kappa shape index (κ1) is 29.6. The van der Waals surface area contributed by atoms with Gasteiger partial charge in [0, 0.05) is 6.54 Å². The van der Waals surface area contributed by atoms with Gasteiger partial charge in [-0.25, -0.2) is 37.9 Å². The van der Waals surface area contributed by atoms with E-state index in [0.717, 1.165) is 23.5 Å². The summed E-state index contributed by atoms with van der Waals surface area (Å²) < 4.78 is 89.2. The summed E-state index contributed by atoms with van der Waals surface area (Å²) in [6, 6.07) is 0. The maximum atomic E-state index is 15.9. The van der Waals surface area contributed by atoms with Gasteiger partial charge in [0.1, 0.15) is 43.0 Å². The Morgan fingerprint density at radius 1 is 1.00 bits per heavy atom. The van der Waals surface area contributed by atoms with E-state index in [1.54, 1.807) is 0 Å². The van der Waals surface area contributed by atoms with Crippen molar-refractivity contribution in [3.63, 3.8) is 0 Å². The van der Waals surface area contributed by atoms with Crippen LogP contribution in [0.4, 0.5) is 14.6 Å². The highest BCUT2D eigenvalue weighted by molar-refractivity contribution is 8.06. The van der Waals surface area contributed by atoms with Crippen LogP contribution in [-0.2, 0) is 44.8 Å². The van der Waals surface area contributed by atoms with Crippen molar-refractivity contribution in [2.24, 2.45) is 0 Å². The molecule has 4 N–H and O–H groups in total. The molecular weight excluding hydrogens is 657 g/mol. The van der Waals surface area contributed by atoms with Gasteiger partial charge < -0.3 is 34.1 Å². The number of nitrogens with zero attached hydrogens (tertiary/aromatic N) is 7. The molecule has 3 aliphatic rings. The molecule has 7 heterocycles. The van der Waals surface area contributed by atoms with Gasteiger partial charge in [-0.1, -0.05) is 11.8 Å². The fourth-order valence-electron chi connectivity index (χ4n) is 5.19. The van der Waals surface area contributed by atoms with E-state index < -0.39 is 84.9 Å². The molecule has 9 atom stereocenters. The smallest absolute Gasteiger partial charge is 0.336 e. The third-order valence-electron chi connectivity index (χ3n) is 7.18. The third-order valence-corrected chi connectivity index (χ3v) is 9.72. The maximum Gasteiger partial charge on any atom is 0.336 e. The summed E-state index contributed by atoms with van der Waals surface area (Å²) in [7, 11) is -4.77. The number of aromatic nitrogens is 8. The van der Waals surface area contributed by atoms with E-state index in [1.165, 1.54) is 10.9 Å². The number of aromatic amines is 1. The second kappa shape index (κ2) is 10.8. The lowest BCUT2D eigenvalue weighted by atomic mass is 10.1. The van der Waals surface area contributed by atoms with Crippen molar-refractivity contribution >= 4 is 57.0 Å². The van der Waals surface area contributed by atoms with E-state index in [4.69, 9.17) is 40.2 Å². The Morgan fingerprint density at radius 3 is 2.41 bits per heavy atom. The van der Waals surface area contributed by atoms with Crippen LogP contribution in [0.25, 0.3) is 22.3 Å². The van der Waals surface area contributed by atoms with Crippen molar-refractivity contribution in [1.29, 1.82) is 0 Å². The Labute approximate surface area is 249 Å². The highest BCUT2D eigenvalue weighted by atomic mass is 32.5. The van der Waals surface area contributed by atoms with Crippen LogP contribution in [0.3, 0.4) is 0 Å². The number of nitrogen functional groups attached to an aromatic ring is 1. The number of hydrogen-bond acceptors (Lipinski definition) is 16. The number of imidazole rings is 2. The molecule has 44 heavy (non-hydrogen) atoms. The first-order valence-electron chi connectivity index (χ1n) is 12.7. The zero-order valence-electron chi connectivity index (χ0n) is 21.7. The van der Waals surface area contributed by atoms with Gasteiger partial charge in [0.25, 0.3) is 5.56 Å². The largest absolute Gasteiger partial charge is 0.780 e. The molecule has 3 fully saturated rings. The number of halogens is 2. The van der Waals surface area contributed by atoms with Crippen LogP contribution in [0.1, 0.15) is 12.5 Å². The van der Waals surface area contributed by atoms with Gasteiger partial charge in [-0.2, -0.15) is 13.1 Å². The van der Waals surface area contributed by atoms with Gasteiger partial charge in [0.2, 0.25) is 0 Å². The minimum atomic E-state index is -4.77. The average molecular weight is 678 g/mol. The summed E-state index contributed by atoms with van der Waals surface area (Å²) in [6.45, 7) is -6.02. The van der Waals surface area contributed by atoms with Crippen molar-refractivity contribution in [3.05, 3.63) is 35.7 Å². The fraction of sp³-hybridized carbons (Fsp3) is 0.500. The van der Waals surface area contributed by atoms with Crippen molar-refractivity contribution < 1.29 is 44.8 Å². The predicted molar refractivity (Wildman–Crippen MR) is 142 cm³/mol. The summed E-state index contributed by atoms with van der Waals surface area (Å²) >= 11 is 5.00. The van der Waals surface area contributed by atoms with E-state index >= 15 is 8.78 Å². The normalized spacial score (nSPS) is 36.1. The molecule has 3 aliphatic heterocycles. The van der Waals surface area contributed by atoms with Crippen LogP contribution in [-0.4, -0.2) is 97.4 Å². The van der Waals surface area contributed by atoms with Gasteiger partial charge >= 0.3 is 10.3 Å². The quantitative estimate of drug-likeness (QED) is 0.199. The molecule has 7 rings (SSSR count). The second-order valence-corrected chi connectivity index (χ2v) is 13.9. The molecule has 1 unspecified atom stereocenters. The molecule has 0 spiro atoms. The van der Waals surface area contributed by atoms with Crippen LogP contribution in [0.2, 0.25) is 0 Å². The number of hydrogen-bond donors (Lipinski definition) is 3. The Bertz CT molecular complexity index is 1960. The molecular formula is C20H20F2N10O9PS2-. The van der Waals surface area contributed by atoms with E-state index in [2.05, 4.69) is 34.6 Å².